The highest BCUT2D eigenvalue weighted by Gasteiger charge is 2.16. The minimum absolute atomic E-state index is 0.299. The van der Waals surface area contributed by atoms with Gasteiger partial charge in [0, 0.05) is 24.5 Å². The highest BCUT2D eigenvalue weighted by Crippen LogP contribution is 2.23. The molecule has 0 aromatic heterocycles. The first-order valence-electron chi connectivity index (χ1n) is 8.47. The Kier molecular flexibility index (Phi) is 6.34. The van der Waals surface area contributed by atoms with Crippen molar-refractivity contribution in [2.24, 2.45) is 0 Å². The maximum absolute atomic E-state index is 12.2. The third-order valence-corrected chi connectivity index (χ3v) is 4.09. The number of aryl methyl sites for hydroxylation is 1. The molecule has 0 fully saturated rings. The second-order valence-electron chi connectivity index (χ2n) is 5.74. The number of amides is 2. The van der Waals surface area contributed by atoms with Crippen molar-refractivity contribution in [2.45, 2.75) is 20.8 Å². The molecule has 134 valence electrons. The lowest BCUT2D eigenvalue weighted by Gasteiger charge is -2.22. The van der Waals surface area contributed by atoms with Gasteiger partial charge in [0.05, 0.1) is 11.3 Å². The van der Waals surface area contributed by atoms with Crippen LogP contribution in [0.2, 0.25) is 0 Å². The molecule has 0 atom stereocenters. The molecule has 26 heavy (non-hydrogen) atoms. The Morgan fingerprint density at radius 3 is 2.19 bits per heavy atom. The van der Waals surface area contributed by atoms with Crippen LogP contribution in [0.5, 0.6) is 0 Å². The first-order chi connectivity index (χ1) is 12.5. The van der Waals surface area contributed by atoms with Crippen LogP contribution in [0.4, 0.5) is 17.1 Å². The van der Waals surface area contributed by atoms with E-state index in [1.54, 1.807) is 30.3 Å². The average Bonchev–Trinajstić information content (AvgIpc) is 2.65. The summed E-state index contributed by atoms with van der Waals surface area (Å²) in [4.78, 5) is 26.5. The molecule has 0 aliphatic heterocycles. The number of para-hydroxylation sites is 1. The molecular weight excluding hydrogens is 328 g/mol. The Balaban J connectivity index is 2.09. The average molecular weight is 350 g/mol. The fraction of sp³-hybridized carbons (Fsp3) is 0.250. The summed E-state index contributed by atoms with van der Waals surface area (Å²) >= 11 is 0. The largest absolute Gasteiger partial charge is 0.372 e. The fourth-order valence-electron chi connectivity index (χ4n) is 2.62. The zero-order chi connectivity index (χ0) is 19.1. The topological polar surface area (TPSA) is 85.2 Å². The second-order valence-corrected chi connectivity index (χ2v) is 5.74. The van der Waals surface area contributed by atoms with Gasteiger partial charge in [0.2, 0.25) is 0 Å². The molecule has 0 radical (unpaired) electrons. The van der Waals surface area contributed by atoms with E-state index in [2.05, 4.69) is 29.4 Å². The number of benzene rings is 2. The zero-order valence-electron chi connectivity index (χ0n) is 15.2. The molecule has 0 saturated heterocycles. The van der Waals surface area contributed by atoms with Crippen molar-refractivity contribution in [1.29, 1.82) is 5.26 Å². The highest BCUT2D eigenvalue weighted by molar-refractivity contribution is 6.43. The molecule has 0 unspecified atom stereocenters. The van der Waals surface area contributed by atoms with E-state index < -0.39 is 11.8 Å². The third-order valence-electron chi connectivity index (χ3n) is 4.09. The van der Waals surface area contributed by atoms with E-state index in [1.807, 2.05) is 25.1 Å². The first kappa shape index (κ1) is 19.0. The van der Waals surface area contributed by atoms with Gasteiger partial charge in [0.25, 0.3) is 0 Å². The SMILES string of the molecule is CCN(CC)c1ccc(NC(=O)C(=O)Nc2ccccc2C#N)c(C)c1. The zero-order valence-corrected chi connectivity index (χ0v) is 15.2. The number of anilines is 3. The predicted molar refractivity (Wildman–Crippen MR) is 103 cm³/mol. The summed E-state index contributed by atoms with van der Waals surface area (Å²) in [5, 5.41) is 14.1. The van der Waals surface area contributed by atoms with Gasteiger partial charge in [0.1, 0.15) is 6.07 Å². The molecule has 0 bridgehead atoms. The molecule has 6 heteroatoms. The van der Waals surface area contributed by atoms with Gasteiger partial charge in [-0.25, -0.2) is 0 Å². The second kappa shape index (κ2) is 8.67. The van der Waals surface area contributed by atoms with Crippen LogP contribution in [0.1, 0.15) is 25.0 Å². The van der Waals surface area contributed by atoms with E-state index in [9.17, 15) is 9.59 Å². The number of hydrogen-bond acceptors (Lipinski definition) is 4. The quantitative estimate of drug-likeness (QED) is 0.810. The molecule has 2 aromatic carbocycles. The van der Waals surface area contributed by atoms with Gasteiger partial charge in [0.15, 0.2) is 0 Å². The summed E-state index contributed by atoms with van der Waals surface area (Å²) in [6.07, 6.45) is 0. The van der Waals surface area contributed by atoms with Crippen LogP contribution in [0.15, 0.2) is 42.5 Å². The van der Waals surface area contributed by atoms with Crippen LogP contribution in [0.3, 0.4) is 0 Å². The lowest BCUT2D eigenvalue weighted by molar-refractivity contribution is -0.133. The van der Waals surface area contributed by atoms with Crippen molar-refractivity contribution in [2.75, 3.05) is 28.6 Å². The van der Waals surface area contributed by atoms with Gasteiger partial charge in [-0.1, -0.05) is 12.1 Å². The van der Waals surface area contributed by atoms with Crippen molar-refractivity contribution in [3.63, 3.8) is 0 Å². The maximum Gasteiger partial charge on any atom is 0.314 e. The van der Waals surface area contributed by atoms with E-state index >= 15 is 0 Å². The van der Waals surface area contributed by atoms with Crippen LogP contribution in [-0.2, 0) is 9.59 Å². The molecular formula is C20H22N4O2. The molecule has 6 nitrogen and oxygen atoms in total. The van der Waals surface area contributed by atoms with Gasteiger partial charge in [-0.05, 0) is 56.7 Å². The summed E-state index contributed by atoms with van der Waals surface area (Å²) < 4.78 is 0. The molecule has 0 saturated carbocycles. The van der Waals surface area contributed by atoms with E-state index in [4.69, 9.17) is 5.26 Å². The van der Waals surface area contributed by atoms with Crippen LogP contribution < -0.4 is 15.5 Å². The number of nitriles is 1. The van der Waals surface area contributed by atoms with E-state index in [1.165, 1.54) is 0 Å². The number of nitrogens with one attached hydrogen (secondary N) is 2. The summed E-state index contributed by atoms with van der Waals surface area (Å²) in [6.45, 7) is 7.83. The highest BCUT2D eigenvalue weighted by atomic mass is 16.2. The minimum Gasteiger partial charge on any atom is -0.372 e. The van der Waals surface area contributed by atoms with E-state index in [0.717, 1.165) is 24.3 Å². The normalized spacial score (nSPS) is 9.92. The summed E-state index contributed by atoms with van der Waals surface area (Å²) in [5.74, 6) is -1.60. The van der Waals surface area contributed by atoms with Crippen molar-refractivity contribution in [1.82, 2.24) is 0 Å². The standard InChI is InChI=1S/C20H22N4O2/c1-4-24(5-2)16-10-11-17(14(3)12-16)22-19(25)20(26)23-18-9-7-6-8-15(18)13-21/h6-12H,4-5H2,1-3H3,(H,22,25)(H,23,26). The molecule has 0 aliphatic rings. The summed E-state index contributed by atoms with van der Waals surface area (Å²) in [7, 11) is 0. The van der Waals surface area contributed by atoms with Gasteiger partial charge in [-0.15, -0.1) is 0 Å². The minimum atomic E-state index is -0.820. The van der Waals surface area contributed by atoms with Gasteiger partial charge in [-0.3, -0.25) is 9.59 Å². The first-order valence-corrected chi connectivity index (χ1v) is 8.47. The van der Waals surface area contributed by atoms with Crippen LogP contribution in [0, 0.1) is 18.3 Å². The van der Waals surface area contributed by atoms with Crippen LogP contribution >= 0.6 is 0 Å². The van der Waals surface area contributed by atoms with Gasteiger partial charge >= 0.3 is 11.8 Å². The Labute approximate surface area is 153 Å². The molecule has 0 aliphatic carbocycles. The third kappa shape index (κ3) is 4.39. The smallest absolute Gasteiger partial charge is 0.314 e. The molecule has 2 N–H and O–H groups in total. The van der Waals surface area contributed by atoms with Gasteiger partial charge < -0.3 is 15.5 Å². The Hall–Kier alpha value is -3.33. The lowest BCUT2D eigenvalue weighted by atomic mass is 10.1. The fourth-order valence-corrected chi connectivity index (χ4v) is 2.62. The van der Waals surface area contributed by atoms with Crippen molar-refractivity contribution in [3.05, 3.63) is 53.6 Å². The number of rotatable bonds is 5. The molecule has 0 spiro atoms. The summed E-state index contributed by atoms with van der Waals surface area (Å²) in [6, 6.07) is 14.2. The molecule has 0 heterocycles. The van der Waals surface area contributed by atoms with Crippen LogP contribution in [0.25, 0.3) is 0 Å². The van der Waals surface area contributed by atoms with Gasteiger partial charge in [-0.2, -0.15) is 5.26 Å². The Morgan fingerprint density at radius 1 is 1.00 bits per heavy atom. The number of nitrogens with zero attached hydrogens (tertiary/aromatic N) is 2. The Morgan fingerprint density at radius 2 is 1.62 bits per heavy atom. The van der Waals surface area contributed by atoms with Crippen molar-refractivity contribution in [3.8, 4) is 6.07 Å². The van der Waals surface area contributed by atoms with Crippen LogP contribution in [-0.4, -0.2) is 24.9 Å². The molecule has 2 amide bonds. The number of carbonyl (C=O) groups is 2. The maximum atomic E-state index is 12.2. The van der Waals surface area contributed by atoms with E-state index in [-0.39, 0.29) is 0 Å². The summed E-state index contributed by atoms with van der Waals surface area (Å²) in [5.41, 5.74) is 3.12. The molecule has 2 rings (SSSR count). The van der Waals surface area contributed by atoms with Crippen molar-refractivity contribution < 1.29 is 9.59 Å². The monoisotopic (exact) mass is 350 g/mol. The predicted octanol–water partition coefficient (Wildman–Crippen LogP) is 3.29. The van der Waals surface area contributed by atoms with Crippen molar-refractivity contribution >= 4 is 28.9 Å². The van der Waals surface area contributed by atoms with E-state index in [0.29, 0.717) is 16.9 Å². The Bertz CT molecular complexity index is 851. The lowest BCUT2D eigenvalue weighted by Crippen LogP contribution is -2.29. The number of hydrogen-bond donors (Lipinski definition) is 2. The molecule has 2 aromatic rings. The number of carbonyl (C=O) groups excluding carboxylic acids is 2.